The molecule has 0 bridgehead atoms. The third-order valence-corrected chi connectivity index (χ3v) is 9.81. The number of oxazole rings is 2. The van der Waals surface area contributed by atoms with Gasteiger partial charge in [-0.15, -0.1) is 0 Å². The van der Waals surface area contributed by atoms with Gasteiger partial charge in [0, 0.05) is 17.7 Å². The van der Waals surface area contributed by atoms with Crippen molar-refractivity contribution in [3.05, 3.63) is 82.2 Å². The van der Waals surface area contributed by atoms with Crippen molar-refractivity contribution in [1.82, 2.24) is 24.7 Å². The number of rotatable bonds is 7. The van der Waals surface area contributed by atoms with Gasteiger partial charge in [-0.3, -0.25) is 14.6 Å². The molecule has 2 aromatic heterocycles. The Labute approximate surface area is 268 Å². The van der Waals surface area contributed by atoms with Crippen LogP contribution in [0.25, 0.3) is 45.1 Å². The van der Waals surface area contributed by atoms with Gasteiger partial charge in [-0.1, -0.05) is 24.3 Å². The molecular formula is C37H36N6O3. The zero-order valence-corrected chi connectivity index (χ0v) is 26.3. The maximum atomic E-state index is 12.7. The number of amides is 1. The summed E-state index contributed by atoms with van der Waals surface area (Å²) >= 11 is 0. The summed E-state index contributed by atoms with van der Waals surface area (Å²) in [6, 6.07) is 18.7. The number of aromatic nitrogens is 2. The first-order valence-electron chi connectivity index (χ1n) is 16.2. The molecule has 3 aliphatic rings. The van der Waals surface area contributed by atoms with Gasteiger partial charge in [0.05, 0.1) is 25.2 Å². The molecule has 0 unspecified atom stereocenters. The Morgan fingerprint density at radius 2 is 1.48 bits per heavy atom. The fourth-order valence-corrected chi connectivity index (χ4v) is 7.06. The second-order valence-corrected chi connectivity index (χ2v) is 12.8. The standard InChI is InChI=1S/C37H36N6O3/c1-23-27(8-5-10-29(23)36-40-32-20-43(21-33(32)45-36)34(44)22-42-14-7-15-42)28-9-6-11-30(24(28)2)37-39-31-17-25(19-41-12-3-4-13-41)16-26(18-38)35(31)46-37/h5-6,8-11,16-17H,3-4,7,12-15,19-22H2,1-2H3. The van der Waals surface area contributed by atoms with Crippen LogP contribution in [-0.2, 0) is 24.4 Å². The van der Waals surface area contributed by atoms with Crippen LogP contribution in [0.4, 0.5) is 0 Å². The second-order valence-electron chi connectivity index (χ2n) is 12.8. The van der Waals surface area contributed by atoms with Crippen LogP contribution >= 0.6 is 0 Å². The summed E-state index contributed by atoms with van der Waals surface area (Å²) in [4.78, 5) is 28.9. The van der Waals surface area contributed by atoms with E-state index in [4.69, 9.17) is 18.8 Å². The fourth-order valence-electron chi connectivity index (χ4n) is 7.06. The Kier molecular flexibility index (Phi) is 7.19. The van der Waals surface area contributed by atoms with Crippen LogP contribution in [0.1, 0.15) is 53.0 Å². The van der Waals surface area contributed by atoms with E-state index in [1.54, 1.807) is 0 Å². The van der Waals surface area contributed by atoms with Crippen molar-refractivity contribution < 1.29 is 13.6 Å². The minimum Gasteiger partial charge on any atom is -0.439 e. The predicted octanol–water partition coefficient (Wildman–Crippen LogP) is 6.45. The fraction of sp³-hybridized carbons (Fsp3) is 0.351. The van der Waals surface area contributed by atoms with Gasteiger partial charge in [0.25, 0.3) is 0 Å². The van der Waals surface area contributed by atoms with Crippen molar-refractivity contribution in [2.24, 2.45) is 0 Å². The van der Waals surface area contributed by atoms with Crippen LogP contribution in [0.15, 0.2) is 57.4 Å². The molecule has 0 saturated carbocycles. The maximum Gasteiger partial charge on any atom is 0.237 e. The predicted molar refractivity (Wildman–Crippen MR) is 174 cm³/mol. The normalized spacial score (nSPS) is 16.6. The van der Waals surface area contributed by atoms with E-state index in [2.05, 4.69) is 47.9 Å². The van der Waals surface area contributed by atoms with Gasteiger partial charge in [-0.05, 0) is 111 Å². The largest absolute Gasteiger partial charge is 0.439 e. The lowest BCUT2D eigenvalue weighted by molar-refractivity contribution is -0.134. The van der Waals surface area contributed by atoms with Gasteiger partial charge in [-0.25, -0.2) is 9.97 Å². The number of hydrogen-bond donors (Lipinski definition) is 0. The lowest BCUT2D eigenvalue weighted by Crippen LogP contribution is -2.44. The van der Waals surface area contributed by atoms with Gasteiger partial charge >= 0.3 is 0 Å². The molecule has 0 aliphatic carbocycles. The number of hydrogen-bond acceptors (Lipinski definition) is 8. The van der Waals surface area contributed by atoms with Crippen LogP contribution in [0, 0.1) is 25.2 Å². The molecule has 5 heterocycles. The summed E-state index contributed by atoms with van der Waals surface area (Å²) in [5.74, 6) is 2.00. The molecule has 5 aromatic rings. The summed E-state index contributed by atoms with van der Waals surface area (Å²) in [6.07, 6.45) is 3.61. The molecule has 1 amide bonds. The third kappa shape index (κ3) is 5.08. The molecule has 3 aliphatic heterocycles. The Balaban J connectivity index is 1.08. The molecule has 0 radical (unpaired) electrons. The highest BCUT2D eigenvalue weighted by atomic mass is 16.4. The number of carbonyl (C=O) groups is 1. The topological polar surface area (TPSA) is 103 Å². The first-order chi connectivity index (χ1) is 22.4. The summed E-state index contributed by atoms with van der Waals surface area (Å²) in [5.41, 5.74) is 9.75. The van der Waals surface area contributed by atoms with Gasteiger partial charge in [0.15, 0.2) is 5.58 Å². The van der Waals surface area contributed by atoms with Crippen LogP contribution in [0.5, 0.6) is 0 Å². The van der Waals surface area contributed by atoms with Gasteiger partial charge in [0.2, 0.25) is 17.7 Å². The van der Waals surface area contributed by atoms with Crippen molar-refractivity contribution in [1.29, 1.82) is 5.26 Å². The van der Waals surface area contributed by atoms with E-state index < -0.39 is 0 Å². The van der Waals surface area contributed by atoms with Crippen LogP contribution in [0.2, 0.25) is 0 Å². The van der Waals surface area contributed by atoms with E-state index in [1.165, 1.54) is 19.3 Å². The Hall–Kier alpha value is -4.78. The van der Waals surface area contributed by atoms with Gasteiger partial charge < -0.3 is 13.7 Å². The van der Waals surface area contributed by atoms with E-state index >= 15 is 0 Å². The van der Waals surface area contributed by atoms with E-state index in [9.17, 15) is 10.1 Å². The Morgan fingerprint density at radius 1 is 0.826 bits per heavy atom. The molecule has 9 nitrogen and oxygen atoms in total. The van der Waals surface area contributed by atoms with E-state index in [-0.39, 0.29) is 5.91 Å². The van der Waals surface area contributed by atoms with E-state index in [0.717, 1.165) is 83.1 Å². The Bertz CT molecular complexity index is 2000. The quantitative estimate of drug-likeness (QED) is 0.207. The molecule has 232 valence electrons. The molecular weight excluding hydrogens is 576 g/mol. The van der Waals surface area contributed by atoms with E-state index in [0.29, 0.717) is 48.1 Å². The zero-order valence-electron chi connectivity index (χ0n) is 26.3. The maximum absolute atomic E-state index is 12.7. The average Bonchev–Trinajstić information content (AvgIpc) is 3.83. The number of fused-ring (bicyclic) bond motifs is 2. The number of likely N-dealkylation sites (tertiary alicyclic amines) is 2. The van der Waals surface area contributed by atoms with Crippen molar-refractivity contribution in [2.75, 3.05) is 32.7 Å². The highest BCUT2D eigenvalue weighted by molar-refractivity contribution is 5.85. The Morgan fingerprint density at radius 3 is 2.11 bits per heavy atom. The summed E-state index contributed by atoms with van der Waals surface area (Å²) in [5, 5.41) is 9.93. The smallest absolute Gasteiger partial charge is 0.237 e. The molecule has 0 atom stereocenters. The lowest BCUT2D eigenvalue weighted by Gasteiger charge is -2.31. The van der Waals surface area contributed by atoms with Crippen molar-refractivity contribution in [2.45, 2.75) is 52.7 Å². The highest BCUT2D eigenvalue weighted by Gasteiger charge is 2.31. The van der Waals surface area contributed by atoms with Gasteiger partial charge in [-0.2, -0.15) is 5.26 Å². The number of nitrogens with zero attached hydrogens (tertiary/aromatic N) is 6. The number of benzene rings is 3. The van der Waals surface area contributed by atoms with Crippen LogP contribution in [-0.4, -0.2) is 63.3 Å². The monoisotopic (exact) mass is 612 g/mol. The minimum atomic E-state index is 0.133. The summed E-state index contributed by atoms with van der Waals surface area (Å²) < 4.78 is 12.6. The summed E-state index contributed by atoms with van der Waals surface area (Å²) in [7, 11) is 0. The minimum absolute atomic E-state index is 0.133. The van der Waals surface area contributed by atoms with Gasteiger partial charge in [0.1, 0.15) is 23.0 Å². The first-order valence-corrected chi connectivity index (χ1v) is 16.2. The molecule has 3 aromatic carbocycles. The molecule has 0 spiro atoms. The number of carbonyl (C=O) groups excluding carboxylic acids is 1. The molecule has 0 N–H and O–H groups in total. The van der Waals surface area contributed by atoms with Crippen molar-refractivity contribution >= 4 is 17.0 Å². The molecule has 9 heteroatoms. The highest BCUT2D eigenvalue weighted by Crippen LogP contribution is 2.38. The van der Waals surface area contributed by atoms with E-state index in [1.807, 2.05) is 35.2 Å². The summed E-state index contributed by atoms with van der Waals surface area (Å²) in [6.45, 7) is 10.6. The van der Waals surface area contributed by atoms with Crippen molar-refractivity contribution in [3.8, 4) is 40.1 Å². The third-order valence-electron chi connectivity index (χ3n) is 9.81. The van der Waals surface area contributed by atoms with Crippen LogP contribution in [0.3, 0.4) is 0 Å². The lowest BCUT2D eigenvalue weighted by atomic mass is 9.91. The molecule has 8 rings (SSSR count). The SMILES string of the molecule is Cc1c(-c2nc3c(o2)CN(C(=O)CN2CCC2)C3)cccc1-c1cccc(-c2nc3cc(CN4CCCC4)cc(C#N)c3o2)c1C. The average molecular weight is 613 g/mol. The zero-order chi connectivity index (χ0) is 31.4. The number of nitriles is 1. The second kappa shape index (κ2) is 11.5. The van der Waals surface area contributed by atoms with Crippen LogP contribution < -0.4 is 0 Å². The molecule has 2 fully saturated rings. The first kappa shape index (κ1) is 28.7. The molecule has 2 saturated heterocycles. The molecule has 46 heavy (non-hydrogen) atoms. The van der Waals surface area contributed by atoms with Crippen molar-refractivity contribution in [3.63, 3.8) is 0 Å².